The van der Waals surface area contributed by atoms with Crippen LogP contribution in [0.4, 0.5) is 0 Å². The van der Waals surface area contributed by atoms with Gasteiger partial charge in [-0.2, -0.15) is 5.10 Å². The van der Waals surface area contributed by atoms with Crippen molar-refractivity contribution >= 4 is 23.5 Å². The summed E-state index contributed by atoms with van der Waals surface area (Å²) in [5.74, 6) is 0.601. The standard InChI is InChI=1S/C10H21N3S/c1-5-10(3,4)8(2)6-7-12-13-9(11)14/h7-8H,5-6H2,1-4H3,(H3,11,13,14)/b12-7+. The summed E-state index contributed by atoms with van der Waals surface area (Å²) >= 11 is 4.62. The Morgan fingerprint density at radius 3 is 2.64 bits per heavy atom. The van der Waals surface area contributed by atoms with Crippen molar-refractivity contribution in [3.05, 3.63) is 0 Å². The number of hydrogen-bond donors (Lipinski definition) is 2. The Hall–Kier alpha value is -0.640. The van der Waals surface area contributed by atoms with Gasteiger partial charge in [0, 0.05) is 6.21 Å². The predicted molar refractivity (Wildman–Crippen MR) is 66.3 cm³/mol. The van der Waals surface area contributed by atoms with E-state index >= 15 is 0 Å². The summed E-state index contributed by atoms with van der Waals surface area (Å²) in [4.78, 5) is 0. The lowest BCUT2D eigenvalue weighted by molar-refractivity contribution is 0.229. The van der Waals surface area contributed by atoms with Crippen molar-refractivity contribution in [1.29, 1.82) is 0 Å². The van der Waals surface area contributed by atoms with E-state index in [-0.39, 0.29) is 5.11 Å². The molecular weight excluding hydrogens is 194 g/mol. The largest absolute Gasteiger partial charge is 0.375 e. The monoisotopic (exact) mass is 215 g/mol. The van der Waals surface area contributed by atoms with E-state index in [0.29, 0.717) is 11.3 Å². The van der Waals surface area contributed by atoms with Crippen LogP contribution in [0.15, 0.2) is 5.10 Å². The first-order chi connectivity index (χ1) is 6.40. The lowest BCUT2D eigenvalue weighted by atomic mass is 9.76. The first kappa shape index (κ1) is 13.4. The topological polar surface area (TPSA) is 50.4 Å². The molecule has 4 heteroatoms. The molecule has 0 saturated carbocycles. The highest BCUT2D eigenvalue weighted by molar-refractivity contribution is 7.80. The number of nitrogens with zero attached hydrogens (tertiary/aromatic N) is 1. The fourth-order valence-electron chi connectivity index (χ4n) is 0.988. The Morgan fingerprint density at radius 2 is 2.21 bits per heavy atom. The SMILES string of the molecule is CCC(C)(C)C(C)C/C=N/NC(N)=S. The van der Waals surface area contributed by atoms with Crippen LogP contribution in [0.5, 0.6) is 0 Å². The maximum Gasteiger partial charge on any atom is 0.184 e. The average Bonchev–Trinajstić information content (AvgIpc) is 2.11. The van der Waals surface area contributed by atoms with Crippen LogP contribution in [0.25, 0.3) is 0 Å². The fraction of sp³-hybridized carbons (Fsp3) is 0.800. The molecule has 0 aliphatic rings. The minimum atomic E-state index is 0.212. The third-order valence-corrected chi connectivity index (χ3v) is 3.06. The van der Waals surface area contributed by atoms with Gasteiger partial charge >= 0.3 is 0 Å². The number of nitrogens with one attached hydrogen (secondary N) is 1. The van der Waals surface area contributed by atoms with Crippen molar-refractivity contribution < 1.29 is 0 Å². The van der Waals surface area contributed by atoms with E-state index in [4.69, 9.17) is 5.73 Å². The van der Waals surface area contributed by atoms with Gasteiger partial charge in [0.05, 0.1) is 0 Å². The number of rotatable bonds is 5. The molecule has 0 bridgehead atoms. The summed E-state index contributed by atoms with van der Waals surface area (Å²) in [6.45, 7) is 8.98. The molecule has 0 aromatic carbocycles. The number of thiocarbonyl (C=S) groups is 1. The van der Waals surface area contributed by atoms with Gasteiger partial charge in [-0.05, 0) is 30.0 Å². The first-order valence-electron chi connectivity index (χ1n) is 4.97. The molecule has 1 atom stereocenters. The maximum atomic E-state index is 5.23. The van der Waals surface area contributed by atoms with Crippen LogP contribution in [0, 0.1) is 11.3 Å². The summed E-state index contributed by atoms with van der Waals surface area (Å²) in [5.41, 5.74) is 8.13. The van der Waals surface area contributed by atoms with E-state index in [1.54, 1.807) is 0 Å². The van der Waals surface area contributed by atoms with Gasteiger partial charge in [-0.3, -0.25) is 5.43 Å². The Kier molecular flexibility index (Phi) is 5.69. The highest BCUT2D eigenvalue weighted by atomic mass is 32.1. The smallest absolute Gasteiger partial charge is 0.184 e. The zero-order chi connectivity index (χ0) is 11.2. The lowest BCUT2D eigenvalue weighted by Gasteiger charge is -2.29. The zero-order valence-corrected chi connectivity index (χ0v) is 10.3. The Morgan fingerprint density at radius 1 is 1.64 bits per heavy atom. The summed E-state index contributed by atoms with van der Waals surface area (Å²) < 4.78 is 0. The molecule has 82 valence electrons. The van der Waals surface area contributed by atoms with Gasteiger partial charge in [0.25, 0.3) is 0 Å². The van der Waals surface area contributed by atoms with Gasteiger partial charge in [0.1, 0.15) is 0 Å². The van der Waals surface area contributed by atoms with Crippen LogP contribution in [-0.4, -0.2) is 11.3 Å². The number of hydrazone groups is 1. The summed E-state index contributed by atoms with van der Waals surface area (Å²) in [6, 6.07) is 0. The van der Waals surface area contributed by atoms with Crippen molar-refractivity contribution in [3.8, 4) is 0 Å². The molecule has 3 nitrogen and oxygen atoms in total. The second kappa shape index (κ2) is 5.96. The molecule has 3 N–H and O–H groups in total. The molecule has 0 saturated heterocycles. The molecule has 0 aliphatic heterocycles. The fourth-order valence-corrected chi connectivity index (χ4v) is 1.04. The second-order valence-corrected chi connectivity index (χ2v) is 4.71. The highest BCUT2D eigenvalue weighted by Gasteiger charge is 2.22. The average molecular weight is 215 g/mol. The molecule has 0 fully saturated rings. The predicted octanol–water partition coefficient (Wildman–Crippen LogP) is 2.27. The van der Waals surface area contributed by atoms with Gasteiger partial charge in [-0.15, -0.1) is 0 Å². The minimum Gasteiger partial charge on any atom is -0.375 e. The third-order valence-electron chi connectivity index (χ3n) is 2.97. The molecule has 0 rings (SSSR count). The summed E-state index contributed by atoms with van der Waals surface area (Å²) in [5, 5.41) is 4.13. The molecule has 0 aromatic rings. The van der Waals surface area contributed by atoms with E-state index in [9.17, 15) is 0 Å². The van der Waals surface area contributed by atoms with Crippen molar-refractivity contribution in [2.75, 3.05) is 0 Å². The quantitative estimate of drug-likeness (QED) is 0.420. The molecule has 0 radical (unpaired) electrons. The molecule has 0 amide bonds. The molecule has 14 heavy (non-hydrogen) atoms. The van der Waals surface area contributed by atoms with Crippen LogP contribution in [-0.2, 0) is 0 Å². The number of nitrogens with two attached hydrogens (primary N) is 1. The van der Waals surface area contributed by atoms with Gasteiger partial charge in [0.15, 0.2) is 5.11 Å². The van der Waals surface area contributed by atoms with Crippen LogP contribution in [0.1, 0.15) is 40.5 Å². The van der Waals surface area contributed by atoms with Gasteiger partial charge < -0.3 is 5.73 Å². The molecule has 0 aliphatic carbocycles. The Bertz CT molecular complexity index is 211. The summed E-state index contributed by atoms with van der Waals surface area (Å²) in [6.07, 6.45) is 3.95. The lowest BCUT2D eigenvalue weighted by Crippen LogP contribution is -2.25. The first-order valence-corrected chi connectivity index (χ1v) is 5.38. The van der Waals surface area contributed by atoms with E-state index in [1.807, 2.05) is 6.21 Å². The molecule has 0 spiro atoms. The van der Waals surface area contributed by atoms with Crippen LogP contribution in [0.3, 0.4) is 0 Å². The Labute approximate surface area is 92.1 Å². The van der Waals surface area contributed by atoms with Crippen LogP contribution < -0.4 is 11.2 Å². The van der Waals surface area contributed by atoms with Gasteiger partial charge in [0.2, 0.25) is 0 Å². The van der Waals surface area contributed by atoms with Gasteiger partial charge in [-0.25, -0.2) is 0 Å². The highest BCUT2D eigenvalue weighted by Crippen LogP contribution is 2.31. The molecule has 0 aromatic heterocycles. The van der Waals surface area contributed by atoms with Crippen molar-refractivity contribution in [2.24, 2.45) is 22.2 Å². The van der Waals surface area contributed by atoms with Crippen molar-refractivity contribution in [1.82, 2.24) is 5.43 Å². The normalized spacial score (nSPS) is 14.3. The molecule has 0 heterocycles. The Balaban J connectivity index is 3.90. The molecule has 1 unspecified atom stereocenters. The van der Waals surface area contributed by atoms with E-state index < -0.39 is 0 Å². The third kappa shape index (κ3) is 5.17. The second-order valence-electron chi connectivity index (χ2n) is 4.27. The van der Waals surface area contributed by atoms with Crippen LogP contribution in [0.2, 0.25) is 0 Å². The number of hydrogen-bond acceptors (Lipinski definition) is 2. The summed E-state index contributed by atoms with van der Waals surface area (Å²) in [7, 11) is 0. The van der Waals surface area contributed by atoms with Crippen LogP contribution >= 0.6 is 12.2 Å². The zero-order valence-electron chi connectivity index (χ0n) is 9.50. The van der Waals surface area contributed by atoms with E-state index in [0.717, 1.165) is 6.42 Å². The maximum absolute atomic E-state index is 5.23. The van der Waals surface area contributed by atoms with E-state index in [1.165, 1.54) is 6.42 Å². The van der Waals surface area contributed by atoms with Crippen molar-refractivity contribution in [2.45, 2.75) is 40.5 Å². The van der Waals surface area contributed by atoms with Gasteiger partial charge in [-0.1, -0.05) is 34.1 Å². The minimum absolute atomic E-state index is 0.212. The van der Waals surface area contributed by atoms with Crippen molar-refractivity contribution in [3.63, 3.8) is 0 Å². The van der Waals surface area contributed by atoms with E-state index in [2.05, 4.69) is 50.4 Å². The molecular formula is C10H21N3S.